The number of carbonyl (C=O) groups is 1. The van der Waals surface area contributed by atoms with E-state index in [9.17, 15) is 13.2 Å². The van der Waals surface area contributed by atoms with Gasteiger partial charge in [-0.25, -0.2) is 13.1 Å². The Morgan fingerprint density at radius 2 is 1.83 bits per heavy atom. The normalized spacial score (nSPS) is 12.3. The second-order valence-electron chi connectivity index (χ2n) is 4.69. The minimum atomic E-state index is -3.86. The van der Waals surface area contributed by atoms with Gasteiger partial charge in [-0.2, -0.15) is 0 Å². The highest BCUT2D eigenvalue weighted by molar-refractivity contribution is 7.89. The number of nitrogens with one attached hydrogen (secondary N) is 3. The van der Waals surface area contributed by atoms with Crippen LogP contribution >= 0.6 is 35.6 Å². The number of benzene rings is 1. The molecule has 3 N–H and O–H groups in total. The lowest BCUT2D eigenvalue weighted by Gasteiger charge is -2.12. The molecule has 0 bridgehead atoms. The fourth-order valence-corrected chi connectivity index (χ4v) is 3.74. The highest BCUT2D eigenvalue weighted by Crippen LogP contribution is 2.28. The fraction of sp³-hybridized carbons (Fsp3) is 0.462. The number of sulfonamides is 1. The molecule has 0 saturated carbocycles. The summed E-state index contributed by atoms with van der Waals surface area (Å²) < 4.78 is 26.6. The van der Waals surface area contributed by atoms with Crippen LogP contribution in [-0.2, 0) is 14.8 Å². The van der Waals surface area contributed by atoms with E-state index in [2.05, 4.69) is 15.4 Å². The summed E-state index contributed by atoms with van der Waals surface area (Å²) in [6, 6.07) is 4.57. The predicted octanol–water partition coefficient (Wildman–Crippen LogP) is 1.81. The molecule has 0 aromatic heterocycles. The second kappa shape index (κ2) is 10.3. The van der Waals surface area contributed by atoms with Crippen LogP contribution in [0.5, 0.6) is 0 Å². The first-order valence-electron chi connectivity index (χ1n) is 6.65. The molecule has 1 rings (SSSR count). The predicted molar refractivity (Wildman–Crippen MR) is 95.0 cm³/mol. The molecule has 1 aromatic rings. The third-order valence-electron chi connectivity index (χ3n) is 2.93. The lowest BCUT2D eigenvalue weighted by molar-refractivity contribution is -0.121. The van der Waals surface area contributed by atoms with Crippen molar-refractivity contribution in [1.82, 2.24) is 15.4 Å². The maximum atomic E-state index is 12.1. The van der Waals surface area contributed by atoms with Gasteiger partial charge in [0.05, 0.1) is 10.0 Å². The van der Waals surface area contributed by atoms with Gasteiger partial charge in [0.2, 0.25) is 15.9 Å². The first kappa shape index (κ1) is 22.4. The van der Waals surface area contributed by atoms with Gasteiger partial charge in [0.1, 0.15) is 4.90 Å². The molecule has 0 heterocycles. The van der Waals surface area contributed by atoms with E-state index in [1.54, 1.807) is 13.1 Å². The van der Waals surface area contributed by atoms with Crippen molar-refractivity contribution in [2.24, 2.45) is 0 Å². The molecule has 0 aliphatic rings. The van der Waals surface area contributed by atoms with Crippen LogP contribution in [0.3, 0.4) is 0 Å². The van der Waals surface area contributed by atoms with E-state index in [4.69, 9.17) is 23.2 Å². The smallest absolute Gasteiger partial charge is 0.243 e. The fourth-order valence-electron chi connectivity index (χ4n) is 1.57. The number of halogens is 3. The number of hydrogen-bond donors (Lipinski definition) is 3. The zero-order chi connectivity index (χ0) is 16.8. The average molecular weight is 405 g/mol. The molecule has 1 atom stereocenters. The van der Waals surface area contributed by atoms with Crippen molar-refractivity contribution >= 4 is 51.5 Å². The number of amides is 1. The summed E-state index contributed by atoms with van der Waals surface area (Å²) in [7, 11) is -2.07. The molecule has 10 heteroatoms. The van der Waals surface area contributed by atoms with Crippen molar-refractivity contribution < 1.29 is 13.2 Å². The number of rotatable bonds is 8. The van der Waals surface area contributed by atoms with Gasteiger partial charge in [-0.15, -0.1) is 12.4 Å². The van der Waals surface area contributed by atoms with Gasteiger partial charge in [-0.05, 0) is 26.1 Å². The molecule has 0 radical (unpaired) electrons. The minimum Gasteiger partial charge on any atom is -0.355 e. The van der Waals surface area contributed by atoms with Gasteiger partial charge in [0, 0.05) is 25.6 Å². The van der Waals surface area contributed by atoms with Crippen LogP contribution in [0.2, 0.25) is 10.0 Å². The van der Waals surface area contributed by atoms with Gasteiger partial charge in [0.15, 0.2) is 0 Å². The first-order valence-corrected chi connectivity index (χ1v) is 8.89. The first-order chi connectivity index (χ1) is 10.3. The number of carbonyl (C=O) groups excluding carboxylic acids is 1. The van der Waals surface area contributed by atoms with E-state index in [1.807, 2.05) is 6.92 Å². The van der Waals surface area contributed by atoms with E-state index in [-0.39, 0.29) is 52.3 Å². The van der Waals surface area contributed by atoms with Crippen molar-refractivity contribution in [2.75, 3.05) is 20.1 Å². The maximum Gasteiger partial charge on any atom is 0.243 e. The number of likely N-dealkylation sites (N-methyl/N-ethyl adjacent to an activating group) is 1. The Labute approximate surface area is 152 Å². The molecular formula is C13H20Cl3N3O3S. The topological polar surface area (TPSA) is 87.3 Å². The summed E-state index contributed by atoms with van der Waals surface area (Å²) in [5.74, 6) is -0.241. The number of hydrogen-bond acceptors (Lipinski definition) is 4. The summed E-state index contributed by atoms with van der Waals surface area (Å²) in [6.07, 6.45) is 0.0255. The van der Waals surface area contributed by atoms with E-state index in [1.165, 1.54) is 12.1 Å². The van der Waals surface area contributed by atoms with E-state index in [0.29, 0.717) is 6.54 Å². The van der Waals surface area contributed by atoms with Gasteiger partial charge in [-0.3, -0.25) is 4.79 Å². The summed E-state index contributed by atoms with van der Waals surface area (Å²) in [5, 5.41) is 5.74. The Bertz CT molecular complexity index is 606. The van der Waals surface area contributed by atoms with Crippen LogP contribution in [0.15, 0.2) is 23.1 Å². The zero-order valence-electron chi connectivity index (χ0n) is 12.7. The highest BCUT2D eigenvalue weighted by Gasteiger charge is 2.21. The molecule has 0 spiro atoms. The van der Waals surface area contributed by atoms with Crippen LogP contribution in [0.4, 0.5) is 0 Å². The average Bonchev–Trinajstić information content (AvgIpc) is 2.44. The monoisotopic (exact) mass is 403 g/mol. The molecule has 0 aliphatic carbocycles. The molecule has 1 aromatic carbocycles. The molecular weight excluding hydrogens is 385 g/mol. The SMILES string of the molecule is CNC(C)CNC(=O)CCNS(=O)(=O)c1c(Cl)cccc1Cl.Cl. The molecule has 132 valence electrons. The van der Waals surface area contributed by atoms with E-state index in [0.717, 1.165) is 0 Å². The standard InChI is InChI=1S/C13H19Cl2N3O3S.ClH/c1-9(16-2)8-17-12(19)6-7-18-22(20,21)13-10(14)4-3-5-11(13)15;/h3-5,9,16,18H,6-8H2,1-2H3,(H,17,19);1H. The Kier molecular flexibility index (Phi) is 10.1. The Morgan fingerprint density at radius 1 is 1.26 bits per heavy atom. The summed E-state index contributed by atoms with van der Waals surface area (Å²) >= 11 is 11.7. The van der Waals surface area contributed by atoms with Crippen molar-refractivity contribution in [3.8, 4) is 0 Å². The summed E-state index contributed by atoms with van der Waals surface area (Å²) in [4.78, 5) is 11.4. The van der Waals surface area contributed by atoms with Gasteiger partial charge >= 0.3 is 0 Å². The highest BCUT2D eigenvalue weighted by atomic mass is 35.5. The van der Waals surface area contributed by atoms with Gasteiger partial charge in [0.25, 0.3) is 0 Å². The van der Waals surface area contributed by atoms with Crippen LogP contribution in [0, 0.1) is 0 Å². The van der Waals surface area contributed by atoms with Gasteiger partial charge in [-0.1, -0.05) is 29.3 Å². The van der Waals surface area contributed by atoms with Crippen molar-refractivity contribution in [1.29, 1.82) is 0 Å². The Morgan fingerprint density at radius 3 is 2.35 bits per heavy atom. The summed E-state index contributed by atoms with van der Waals surface area (Å²) in [5.41, 5.74) is 0. The molecule has 6 nitrogen and oxygen atoms in total. The largest absolute Gasteiger partial charge is 0.355 e. The molecule has 0 fully saturated rings. The van der Waals surface area contributed by atoms with E-state index >= 15 is 0 Å². The third-order valence-corrected chi connectivity index (χ3v) is 5.35. The Balaban J connectivity index is 0.00000484. The van der Waals surface area contributed by atoms with Crippen LogP contribution in [-0.4, -0.2) is 40.5 Å². The lowest BCUT2D eigenvalue weighted by atomic mass is 10.3. The molecule has 0 aliphatic heterocycles. The zero-order valence-corrected chi connectivity index (χ0v) is 15.9. The lowest BCUT2D eigenvalue weighted by Crippen LogP contribution is -2.38. The maximum absolute atomic E-state index is 12.1. The molecule has 23 heavy (non-hydrogen) atoms. The molecule has 1 amide bonds. The Hall–Kier alpha value is -0.570. The quantitative estimate of drug-likeness (QED) is 0.616. The van der Waals surface area contributed by atoms with Gasteiger partial charge < -0.3 is 10.6 Å². The summed E-state index contributed by atoms with van der Waals surface area (Å²) in [6.45, 7) is 2.35. The third kappa shape index (κ3) is 7.24. The minimum absolute atomic E-state index is 0. The molecule has 1 unspecified atom stereocenters. The molecule has 0 saturated heterocycles. The van der Waals surface area contributed by atoms with Crippen molar-refractivity contribution in [3.05, 3.63) is 28.2 Å². The van der Waals surface area contributed by atoms with Crippen LogP contribution in [0.1, 0.15) is 13.3 Å². The van der Waals surface area contributed by atoms with Crippen molar-refractivity contribution in [3.63, 3.8) is 0 Å². The van der Waals surface area contributed by atoms with E-state index < -0.39 is 10.0 Å². The van der Waals surface area contributed by atoms with Crippen molar-refractivity contribution in [2.45, 2.75) is 24.3 Å². The second-order valence-corrected chi connectivity index (χ2v) is 7.21. The van der Waals surface area contributed by atoms with Crippen LogP contribution < -0.4 is 15.4 Å². The van der Waals surface area contributed by atoms with Crippen LogP contribution in [0.25, 0.3) is 0 Å².